The minimum absolute atomic E-state index is 0.731. The summed E-state index contributed by atoms with van der Waals surface area (Å²) in [5.41, 5.74) is 8.37. The smallest absolute Gasteiger partial charge is 0.0722 e. The van der Waals surface area contributed by atoms with Crippen LogP contribution in [0, 0.1) is 0 Å². The summed E-state index contributed by atoms with van der Waals surface area (Å²) in [6.07, 6.45) is 1.71. The van der Waals surface area contributed by atoms with E-state index in [0.29, 0.717) is 0 Å². The van der Waals surface area contributed by atoms with E-state index < -0.39 is 0 Å². The third-order valence-electron chi connectivity index (χ3n) is 1.90. The van der Waals surface area contributed by atoms with E-state index in [1.807, 2.05) is 30.3 Å². The number of halogens is 1. The van der Waals surface area contributed by atoms with E-state index in [9.17, 15) is 0 Å². The largest absolute Gasteiger partial charge is 0.399 e. The minimum Gasteiger partial charge on any atom is -0.399 e. The van der Waals surface area contributed by atoms with Gasteiger partial charge in [0.1, 0.15) is 0 Å². The van der Waals surface area contributed by atoms with Crippen molar-refractivity contribution in [1.82, 2.24) is 4.98 Å². The van der Waals surface area contributed by atoms with Crippen LogP contribution in [0.4, 0.5) is 5.69 Å². The Labute approximate surface area is 90.9 Å². The number of nitrogens with zero attached hydrogens (tertiary/aromatic N) is 1. The van der Waals surface area contributed by atoms with Crippen LogP contribution in [-0.2, 0) is 0 Å². The number of benzene rings is 1. The summed E-state index contributed by atoms with van der Waals surface area (Å²) in [7, 11) is 0. The summed E-state index contributed by atoms with van der Waals surface area (Å²) in [6, 6.07) is 11.6. The Kier molecular flexibility index (Phi) is 2.50. The molecule has 3 heteroatoms. The maximum absolute atomic E-state index is 5.68. The van der Waals surface area contributed by atoms with Crippen LogP contribution in [0.1, 0.15) is 0 Å². The number of nitrogens with two attached hydrogens (primary N) is 1. The zero-order chi connectivity index (χ0) is 9.97. The molecule has 70 valence electrons. The van der Waals surface area contributed by atoms with Crippen molar-refractivity contribution in [2.24, 2.45) is 0 Å². The standard InChI is InChI=1S/C11H9BrN2/c12-9-3-1-2-8(6-9)11-7-10(13)4-5-14-11/h1-7H,(H2,13,14). The van der Waals surface area contributed by atoms with Gasteiger partial charge < -0.3 is 5.73 Å². The van der Waals surface area contributed by atoms with E-state index in [2.05, 4.69) is 20.9 Å². The van der Waals surface area contributed by atoms with E-state index >= 15 is 0 Å². The number of pyridine rings is 1. The molecule has 2 nitrogen and oxygen atoms in total. The fraction of sp³-hybridized carbons (Fsp3) is 0. The van der Waals surface area contributed by atoms with Crippen LogP contribution in [0.2, 0.25) is 0 Å². The van der Waals surface area contributed by atoms with Crippen molar-refractivity contribution in [2.75, 3.05) is 5.73 Å². The highest BCUT2D eigenvalue weighted by molar-refractivity contribution is 9.10. The van der Waals surface area contributed by atoms with Crippen LogP contribution in [-0.4, -0.2) is 4.98 Å². The van der Waals surface area contributed by atoms with Gasteiger partial charge in [-0.3, -0.25) is 4.98 Å². The van der Waals surface area contributed by atoms with Gasteiger partial charge in [-0.1, -0.05) is 28.1 Å². The molecule has 0 amide bonds. The average Bonchev–Trinajstić information content (AvgIpc) is 2.18. The van der Waals surface area contributed by atoms with Crippen molar-refractivity contribution in [2.45, 2.75) is 0 Å². The second kappa shape index (κ2) is 3.80. The highest BCUT2D eigenvalue weighted by Gasteiger charge is 1.99. The number of nitrogen functional groups attached to an aromatic ring is 1. The predicted molar refractivity (Wildman–Crippen MR) is 61.8 cm³/mol. The van der Waals surface area contributed by atoms with Crippen LogP contribution >= 0.6 is 15.9 Å². The van der Waals surface area contributed by atoms with Crippen molar-refractivity contribution >= 4 is 21.6 Å². The molecular weight excluding hydrogens is 240 g/mol. The number of hydrogen-bond donors (Lipinski definition) is 1. The lowest BCUT2D eigenvalue weighted by Crippen LogP contribution is -1.88. The van der Waals surface area contributed by atoms with Gasteiger partial charge in [0.2, 0.25) is 0 Å². The van der Waals surface area contributed by atoms with Crippen molar-refractivity contribution < 1.29 is 0 Å². The third-order valence-corrected chi connectivity index (χ3v) is 2.40. The topological polar surface area (TPSA) is 38.9 Å². The Morgan fingerprint density at radius 2 is 2.00 bits per heavy atom. The maximum atomic E-state index is 5.68. The van der Waals surface area contributed by atoms with Gasteiger partial charge in [0, 0.05) is 21.9 Å². The molecule has 1 aromatic carbocycles. The Bertz CT molecular complexity index is 411. The second-order valence-electron chi connectivity index (χ2n) is 2.98. The highest BCUT2D eigenvalue weighted by Crippen LogP contribution is 2.22. The second-order valence-corrected chi connectivity index (χ2v) is 3.90. The third kappa shape index (κ3) is 1.93. The molecule has 0 bridgehead atoms. The van der Waals surface area contributed by atoms with Crippen molar-refractivity contribution in [3.8, 4) is 11.3 Å². The summed E-state index contributed by atoms with van der Waals surface area (Å²) in [5.74, 6) is 0. The molecule has 0 saturated carbocycles. The van der Waals surface area contributed by atoms with Crippen LogP contribution in [0.5, 0.6) is 0 Å². The number of anilines is 1. The number of aromatic nitrogens is 1. The first kappa shape index (κ1) is 9.21. The maximum Gasteiger partial charge on any atom is 0.0722 e. The Balaban J connectivity index is 2.49. The molecule has 1 aromatic heterocycles. The molecule has 0 atom stereocenters. The van der Waals surface area contributed by atoms with Gasteiger partial charge in [-0.15, -0.1) is 0 Å². The van der Waals surface area contributed by atoms with Crippen LogP contribution in [0.25, 0.3) is 11.3 Å². The lowest BCUT2D eigenvalue weighted by atomic mass is 10.1. The van der Waals surface area contributed by atoms with E-state index in [1.54, 1.807) is 12.3 Å². The van der Waals surface area contributed by atoms with Crippen LogP contribution < -0.4 is 5.73 Å². The molecule has 0 fully saturated rings. The molecule has 1 heterocycles. The lowest BCUT2D eigenvalue weighted by Gasteiger charge is -2.01. The van der Waals surface area contributed by atoms with Crippen molar-refractivity contribution in [1.29, 1.82) is 0 Å². The molecule has 2 rings (SSSR count). The van der Waals surface area contributed by atoms with Gasteiger partial charge >= 0.3 is 0 Å². The van der Waals surface area contributed by atoms with Gasteiger partial charge in [-0.05, 0) is 24.3 Å². The summed E-state index contributed by atoms with van der Waals surface area (Å²) in [6.45, 7) is 0. The minimum atomic E-state index is 0.731. The Hall–Kier alpha value is -1.35. The van der Waals surface area contributed by atoms with E-state index in [4.69, 9.17) is 5.73 Å². The van der Waals surface area contributed by atoms with Gasteiger partial charge in [-0.25, -0.2) is 0 Å². The number of rotatable bonds is 1. The van der Waals surface area contributed by atoms with Gasteiger partial charge in [0.15, 0.2) is 0 Å². The first-order valence-corrected chi connectivity index (χ1v) is 5.02. The molecule has 0 aliphatic carbocycles. The SMILES string of the molecule is Nc1ccnc(-c2cccc(Br)c2)c1. The van der Waals surface area contributed by atoms with E-state index in [0.717, 1.165) is 21.4 Å². The fourth-order valence-electron chi connectivity index (χ4n) is 1.25. The summed E-state index contributed by atoms with van der Waals surface area (Å²) >= 11 is 3.42. The lowest BCUT2D eigenvalue weighted by molar-refractivity contribution is 1.33. The number of hydrogen-bond acceptors (Lipinski definition) is 2. The summed E-state index contributed by atoms with van der Waals surface area (Å²) in [4.78, 5) is 4.25. The van der Waals surface area contributed by atoms with Crippen molar-refractivity contribution in [3.05, 3.63) is 47.1 Å². The van der Waals surface area contributed by atoms with E-state index in [-0.39, 0.29) is 0 Å². The molecule has 0 spiro atoms. The molecule has 0 radical (unpaired) electrons. The molecule has 2 N–H and O–H groups in total. The van der Waals surface area contributed by atoms with Gasteiger partial charge in [0.05, 0.1) is 5.69 Å². The first-order valence-electron chi connectivity index (χ1n) is 4.23. The molecule has 0 aliphatic rings. The highest BCUT2D eigenvalue weighted by atomic mass is 79.9. The predicted octanol–water partition coefficient (Wildman–Crippen LogP) is 3.09. The van der Waals surface area contributed by atoms with Crippen LogP contribution in [0.3, 0.4) is 0 Å². The first-order chi connectivity index (χ1) is 6.75. The molecule has 0 aliphatic heterocycles. The Morgan fingerprint density at radius 3 is 2.71 bits per heavy atom. The normalized spacial score (nSPS) is 10.1. The fourth-order valence-corrected chi connectivity index (χ4v) is 1.65. The Morgan fingerprint density at radius 1 is 1.14 bits per heavy atom. The molecular formula is C11H9BrN2. The monoisotopic (exact) mass is 248 g/mol. The van der Waals surface area contributed by atoms with Gasteiger partial charge in [0.25, 0.3) is 0 Å². The summed E-state index contributed by atoms with van der Waals surface area (Å²) in [5, 5.41) is 0. The molecule has 0 unspecified atom stereocenters. The zero-order valence-electron chi connectivity index (χ0n) is 7.44. The average molecular weight is 249 g/mol. The van der Waals surface area contributed by atoms with Crippen LogP contribution in [0.15, 0.2) is 47.1 Å². The van der Waals surface area contributed by atoms with Crippen molar-refractivity contribution in [3.63, 3.8) is 0 Å². The quantitative estimate of drug-likeness (QED) is 0.843. The molecule has 2 aromatic rings. The molecule has 14 heavy (non-hydrogen) atoms. The van der Waals surface area contributed by atoms with Gasteiger partial charge in [-0.2, -0.15) is 0 Å². The molecule has 0 saturated heterocycles. The van der Waals surface area contributed by atoms with E-state index in [1.165, 1.54) is 0 Å². The zero-order valence-corrected chi connectivity index (χ0v) is 9.03. The summed E-state index contributed by atoms with van der Waals surface area (Å²) < 4.78 is 1.04.